The fraction of sp³-hybridized carbons (Fsp3) is 0.333. The van der Waals surface area contributed by atoms with Crippen molar-refractivity contribution in [2.24, 2.45) is 0 Å². The molecule has 0 aromatic heterocycles. The lowest BCUT2D eigenvalue weighted by atomic mass is 10.2. The standard InChI is InChI=1S/C18H23N3O2/c1-21-11-10-16(13-21)23-15-8-9-17(18(12-15)22-2)20-19-14-6-4-3-5-7-14/h3-9,12,16,19-20H,10-11,13H2,1-2H3. The Balaban J connectivity index is 1.64. The molecule has 5 nitrogen and oxygen atoms in total. The number of rotatable bonds is 6. The molecule has 1 saturated heterocycles. The zero-order valence-electron chi connectivity index (χ0n) is 13.6. The van der Waals surface area contributed by atoms with Gasteiger partial charge in [0, 0.05) is 19.2 Å². The summed E-state index contributed by atoms with van der Waals surface area (Å²) in [6.45, 7) is 2.06. The van der Waals surface area contributed by atoms with Gasteiger partial charge in [0.05, 0.1) is 18.5 Å². The highest BCUT2D eigenvalue weighted by atomic mass is 16.5. The minimum Gasteiger partial charge on any atom is -0.494 e. The molecule has 5 heteroatoms. The topological polar surface area (TPSA) is 45.8 Å². The summed E-state index contributed by atoms with van der Waals surface area (Å²) in [6, 6.07) is 15.8. The van der Waals surface area contributed by atoms with Crippen molar-refractivity contribution in [3.63, 3.8) is 0 Å². The van der Waals surface area contributed by atoms with Gasteiger partial charge in [-0.25, -0.2) is 0 Å². The van der Waals surface area contributed by atoms with Gasteiger partial charge in [-0.3, -0.25) is 5.43 Å². The fourth-order valence-corrected chi connectivity index (χ4v) is 2.69. The molecule has 0 radical (unpaired) electrons. The van der Waals surface area contributed by atoms with E-state index in [0.717, 1.165) is 42.4 Å². The maximum atomic E-state index is 6.04. The van der Waals surface area contributed by atoms with Crippen LogP contribution in [0.5, 0.6) is 11.5 Å². The summed E-state index contributed by atoms with van der Waals surface area (Å²) in [7, 11) is 3.78. The molecule has 1 fully saturated rings. The lowest BCUT2D eigenvalue weighted by Crippen LogP contribution is -2.21. The van der Waals surface area contributed by atoms with Crippen molar-refractivity contribution in [1.82, 2.24) is 4.90 Å². The van der Waals surface area contributed by atoms with Crippen LogP contribution in [-0.2, 0) is 0 Å². The molecule has 0 bridgehead atoms. The van der Waals surface area contributed by atoms with Crippen molar-refractivity contribution in [3.05, 3.63) is 48.5 Å². The van der Waals surface area contributed by atoms with Gasteiger partial charge < -0.3 is 19.8 Å². The summed E-state index contributed by atoms with van der Waals surface area (Å²) in [5.74, 6) is 1.59. The molecule has 122 valence electrons. The van der Waals surface area contributed by atoms with Gasteiger partial charge >= 0.3 is 0 Å². The molecule has 2 N–H and O–H groups in total. The van der Waals surface area contributed by atoms with E-state index < -0.39 is 0 Å². The number of nitrogens with one attached hydrogen (secondary N) is 2. The molecule has 1 unspecified atom stereocenters. The molecule has 0 amide bonds. The van der Waals surface area contributed by atoms with Gasteiger partial charge in [-0.1, -0.05) is 18.2 Å². The van der Waals surface area contributed by atoms with E-state index in [1.807, 2.05) is 48.5 Å². The average Bonchev–Trinajstić information content (AvgIpc) is 2.99. The predicted molar refractivity (Wildman–Crippen MR) is 93.2 cm³/mol. The number of methoxy groups -OCH3 is 1. The highest BCUT2D eigenvalue weighted by Crippen LogP contribution is 2.30. The number of likely N-dealkylation sites (tertiary alicyclic amines) is 1. The van der Waals surface area contributed by atoms with E-state index in [9.17, 15) is 0 Å². The molecule has 23 heavy (non-hydrogen) atoms. The highest BCUT2D eigenvalue weighted by molar-refractivity contribution is 5.62. The first kappa shape index (κ1) is 15.5. The number of para-hydroxylation sites is 1. The molecular formula is C18H23N3O2. The number of hydrazine groups is 1. The molecule has 0 saturated carbocycles. The Bertz CT molecular complexity index is 633. The zero-order valence-corrected chi connectivity index (χ0v) is 13.6. The van der Waals surface area contributed by atoms with E-state index in [2.05, 4.69) is 22.8 Å². The lowest BCUT2D eigenvalue weighted by Gasteiger charge is -2.17. The number of nitrogens with zero attached hydrogens (tertiary/aromatic N) is 1. The molecule has 1 aliphatic rings. The first-order chi connectivity index (χ1) is 11.2. The van der Waals surface area contributed by atoms with Gasteiger partial charge in [0.15, 0.2) is 0 Å². The third kappa shape index (κ3) is 4.07. The van der Waals surface area contributed by atoms with Gasteiger partial charge in [0.25, 0.3) is 0 Å². The maximum Gasteiger partial charge on any atom is 0.147 e. The molecule has 3 rings (SSSR count). The number of hydrogen-bond donors (Lipinski definition) is 2. The monoisotopic (exact) mass is 313 g/mol. The van der Waals surface area contributed by atoms with Crippen LogP contribution in [0.4, 0.5) is 11.4 Å². The largest absolute Gasteiger partial charge is 0.494 e. The maximum absolute atomic E-state index is 6.04. The highest BCUT2D eigenvalue weighted by Gasteiger charge is 2.21. The summed E-state index contributed by atoms with van der Waals surface area (Å²) < 4.78 is 11.5. The molecule has 0 aliphatic carbocycles. The van der Waals surface area contributed by atoms with Gasteiger partial charge in [-0.15, -0.1) is 0 Å². The fourth-order valence-electron chi connectivity index (χ4n) is 2.69. The summed E-state index contributed by atoms with van der Waals surface area (Å²) in [4.78, 5) is 2.28. The van der Waals surface area contributed by atoms with Crippen LogP contribution in [0, 0.1) is 0 Å². The van der Waals surface area contributed by atoms with Crippen LogP contribution >= 0.6 is 0 Å². The number of likely N-dealkylation sites (N-methyl/N-ethyl adjacent to an activating group) is 1. The Labute approximate surface area is 137 Å². The van der Waals surface area contributed by atoms with Gasteiger partial charge in [0.2, 0.25) is 0 Å². The summed E-state index contributed by atoms with van der Waals surface area (Å²) in [5.41, 5.74) is 8.18. The minimum absolute atomic E-state index is 0.256. The second kappa shape index (κ2) is 7.24. The molecule has 1 atom stereocenters. The number of ether oxygens (including phenoxy) is 2. The summed E-state index contributed by atoms with van der Waals surface area (Å²) in [6.07, 6.45) is 1.32. The Kier molecular flexibility index (Phi) is 4.88. The second-order valence-electron chi connectivity index (χ2n) is 5.77. The van der Waals surface area contributed by atoms with E-state index in [0.29, 0.717) is 0 Å². The van der Waals surface area contributed by atoms with Crippen molar-refractivity contribution in [1.29, 1.82) is 0 Å². The second-order valence-corrected chi connectivity index (χ2v) is 5.77. The van der Waals surface area contributed by atoms with Crippen LogP contribution in [0.15, 0.2) is 48.5 Å². The van der Waals surface area contributed by atoms with Crippen molar-refractivity contribution in [2.45, 2.75) is 12.5 Å². The zero-order chi connectivity index (χ0) is 16.1. The molecule has 2 aromatic rings. The van der Waals surface area contributed by atoms with Crippen molar-refractivity contribution in [2.75, 3.05) is 38.1 Å². The summed E-state index contributed by atoms with van der Waals surface area (Å²) in [5, 5.41) is 0. The van der Waals surface area contributed by atoms with Gasteiger partial charge in [-0.2, -0.15) is 0 Å². The smallest absolute Gasteiger partial charge is 0.147 e. The van der Waals surface area contributed by atoms with Crippen LogP contribution in [0.2, 0.25) is 0 Å². The van der Waals surface area contributed by atoms with E-state index in [1.54, 1.807) is 7.11 Å². The minimum atomic E-state index is 0.256. The molecule has 1 heterocycles. The Hall–Kier alpha value is -2.40. The quantitative estimate of drug-likeness (QED) is 0.802. The predicted octanol–water partition coefficient (Wildman–Crippen LogP) is 3.22. The van der Waals surface area contributed by atoms with Gasteiger partial charge in [0.1, 0.15) is 17.6 Å². The molecule has 2 aromatic carbocycles. The van der Waals surface area contributed by atoms with Crippen molar-refractivity contribution in [3.8, 4) is 11.5 Å². The number of benzene rings is 2. The molecular weight excluding hydrogens is 290 g/mol. The molecule has 1 aliphatic heterocycles. The van der Waals surface area contributed by atoms with E-state index in [1.165, 1.54) is 0 Å². The first-order valence-corrected chi connectivity index (χ1v) is 7.85. The van der Waals surface area contributed by atoms with Crippen molar-refractivity contribution < 1.29 is 9.47 Å². The van der Waals surface area contributed by atoms with Crippen LogP contribution in [0.3, 0.4) is 0 Å². The third-order valence-corrected chi connectivity index (χ3v) is 3.94. The Morgan fingerprint density at radius 2 is 1.91 bits per heavy atom. The van der Waals surface area contributed by atoms with Crippen LogP contribution in [0.25, 0.3) is 0 Å². The first-order valence-electron chi connectivity index (χ1n) is 7.85. The SMILES string of the molecule is COc1cc(OC2CCN(C)C2)ccc1NNc1ccccc1. The molecule has 0 spiro atoms. The normalized spacial score (nSPS) is 17.7. The Morgan fingerprint density at radius 3 is 2.61 bits per heavy atom. The van der Waals surface area contributed by atoms with E-state index in [-0.39, 0.29) is 6.10 Å². The van der Waals surface area contributed by atoms with E-state index in [4.69, 9.17) is 9.47 Å². The average molecular weight is 313 g/mol. The summed E-state index contributed by atoms with van der Waals surface area (Å²) >= 11 is 0. The van der Waals surface area contributed by atoms with Crippen LogP contribution < -0.4 is 20.3 Å². The number of hydrogen-bond acceptors (Lipinski definition) is 5. The van der Waals surface area contributed by atoms with Gasteiger partial charge in [-0.05, 0) is 37.7 Å². The van der Waals surface area contributed by atoms with Crippen LogP contribution in [0.1, 0.15) is 6.42 Å². The van der Waals surface area contributed by atoms with Crippen LogP contribution in [-0.4, -0.2) is 38.3 Å². The van der Waals surface area contributed by atoms with E-state index >= 15 is 0 Å². The van der Waals surface area contributed by atoms with Crippen molar-refractivity contribution >= 4 is 11.4 Å². The lowest BCUT2D eigenvalue weighted by molar-refractivity contribution is 0.207. The number of anilines is 2. The Morgan fingerprint density at radius 1 is 1.09 bits per heavy atom. The third-order valence-electron chi connectivity index (χ3n) is 3.94.